The number of amides is 2. The highest BCUT2D eigenvalue weighted by molar-refractivity contribution is 6.31. The van der Waals surface area contributed by atoms with E-state index in [2.05, 4.69) is 10.6 Å². The molecule has 1 heterocycles. The molecule has 2 amide bonds. The van der Waals surface area contributed by atoms with E-state index < -0.39 is 0 Å². The minimum Gasteiger partial charge on any atom is -0.451 e. The Hall–Kier alpha value is -2.01. The number of carbonyl (C=O) groups excluding carboxylic acids is 2. The summed E-state index contributed by atoms with van der Waals surface area (Å²) in [6.07, 6.45) is 0. The first-order chi connectivity index (χ1) is 9.97. The highest BCUT2D eigenvalue weighted by Gasteiger charge is 2.12. The third kappa shape index (κ3) is 3.98. The van der Waals surface area contributed by atoms with Gasteiger partial charge in [-0.25, -0.2) is 0 Å². The standard InChI is InChI=1S/C15H17ClN2O3/c1-9(2)14(19)17-5-6-18-15(20)13-8-10-7-11(16)3-4-12(10)21-13/h3-4,7-9H,5-6H2,1-2H3,(H,17,19)(H,18,20). The SMILES string of the molecule is CC(C)C(=O)NCCNC(=O)c1cc2cc(Cl)ccc2o1. The van der Waals surface area contributed by atoms with Crippen LogP contribution in [-0.2, 0) is 4.79 Å². The van der Waals surface area contributed by atoms with Crippen LogP contribution in [0.25, 0.3) is 11.0 Å². The molecule has 6 heteroatoms. The predicted octanol–water partition coefficient (Wildman–Crippen LogP) is 2.59. The summed E-state index contributed by atoms with van der Waals surface area (Å²) in [7, 11) is 0. The Bertz CT molecular complexity index is 664. The first kappa shape index (κ1) is 15.4. The van der Waals surface area contributed by atoms with Crippen molar-refractivity contribution in [3.8, 4) is 0 Å². The van der Waals surface area contributed by atoms with Crippen LogP contribution in [0, 0.1) is 5.92 Å². The average Bonchev–Trinajstić information content (AvgIpc) is 2.85. The number of rotatable bonds is 5. The van der Waals surface area contributed by atoms with Gasteiger partial charge in [0.05, 0.1) is 0 Å². The van der Waals surface area contributed by atoms with Crippen molar-refractivity contribution in [1.82, 2.24) is 10.6 Å². The van der Waals surface area contributed by atoms with Crippen LogP contribution in [0.2, 0.25) is 5.02 Å². The highest BCUT2D eigenvalue weighted by atomic mass is 35.5. The summed E-state index contributed by atoms with van der Waals surface area (Å²) in [4.78, 5) is 23.3. The van der Waals surface area contributed by atoms with Crippen LogP contribution in [0.3, 0.4) is 0 Å². The van der Waals surface area contributed by atoms with Crippen LogP contribution >= 0.6 is 11.6 Å². The summed E-state index contributed by atoms with van der Waals surface area (Å²) >= 11 is 5.88. The number of nitrogens with one attached hydrogen (secondary N) is 2. The Labute approximate surface area is 127 Å². The maximum Gasteiger partial charge on any atom is 0.287 e. The minimum atomic E-state index is -0.318. The van der Waals surface area contributed by atoms with Crippen LogP contribution in [0.4, 0.5) is 0 Å². The topological polar surface area (TPSA) is 71.3 Å². The van der Waals surface area contributed by atoms with Gasteiger partial charge in [0.1, 0.15) is 5.58 Å². The van der Waals surface area contributed by atoms with Gasteiger partial charge in [0.15, 0.2) is 5.76 Å². The zero-order chi connectivity index (χ0) is 15.4. The molecule has 0 unspecified atom stereocenters. The lowest BCUT2D eigenvalue weighted by molar-refractivity contribution is -0.123. The normalized spacial score (nSPS) is 10.9. The van der Waals surface area contributed by atoms with Gasteiger partial charge in [0.2, 0.25) is 5.91 Å². The summed E-state index contributed by atoms with van der Waals surface area (Å²) in [5.41, 5.74) is 0.609. The Morgan fingerprint density at radius 2 is 1.90 bits per heavy atom. The third-order valence-corrected chi connectivity index (χ3v) is 3.17. The zero-order valence-corrected chi connectivity index (χ0v) is 12.7. The van der Waals surface area contributed by atoms with Crippen molar-refractivity contribution < 1.29 is 14.0 Å². The fourth-order valence-corrected chi connectivity index (χ4v) is 1.96. The van der Waals surface area contributed by atoms with Crippen molar-refractivity contribution in [2.75, 3.05) is 13.1 Å². The number of hydrogen-bond donors (Lipinski definition) is 2. The number of furan rings is 1. The summed E-state index contributed by atoms with van der Waals surface area (Å²) in [5, 5.41) is 6.78. The van der Waals surface area contributed by atoms with Crippen molar-refractivity contribution in [3.05, 3.63) is 35.0 Å². The zero-order valence-electron chi connectivity index (χ0n) is 11.9. The lowest BCUT2D eigenvalue weighted by atomic mass is 10.2. The van der Waals surface area contributed by atoms with E-state index in [0.717, 1.165) is 5.39 Å². The fourth-order valence-electron chi connectivity index (χ4n) is 1.78. The number of carbonyl (C=O) groups is 2. The molecule has 0 atom stereocenters. The Morgan fingerprint density at radius 1 is 1.19 bits per heavy atom. The van der Waals surface area contributed by atoms with E-state index in [-0.39, 0.29) is 23.5 Å². The molecule has 0 spiro atoms. The monoisotopic (exact) mass is 308 g/mol. The van der Waals surface area contributed by atoms with Gasteiger partial charge in [0.25, 0.3) is 5.91 Å². The molecule has 0 saturated carbocycles. The number of halogens is 1. The second kappa shape index (κ2) is 6.63. The largest absolute Gasteiger partial charge is 0.451 e. The number of hydrogen-bond acceptors (Lipinski definition) is 3. The number of benzene rings is 1. The Kier molecular flexibility index (Phi) is 4.85. The molecule has 0 bridgehead atoms. The van der Waals surface area contributed by atoms with E-state index in [9.17, 15) is 9.59 Å². The Morgan fingerprint density at radius 3 is 2.62 bits per heavy atom. The summed E-state index contributed by atoms with van der Waals surface area (Å²) < 4.78 is 5.44. The van der Waals surface area contributed by atoms with Gasteiger partial charge >= 0.3 is 0 Å². The van der Waals surface area contributed by atoms with Crippen molar-refractivity contribution >= 4 is 34.4 Å². The van der Waals surface area contributed by atoms with Gasteiger partial charge in [-0.3, -0.25) is 9.59 Å². The molecule has 112 valence electrons. The van der Waals surface area contributed by atoms with E-state index in [1.54, 1.807) is 24.3 Å². The third-order valence-electron chi connectivity index (χ3n) is 2.94. The van der Waals surface area contributed by atoms with Gasteiger partial charge in [0, 0.05) is 29.4 Å². The molecular formula is C15H17ClN2O3. The molecule has 5 nitrogen and oxygen atoms in total. The first-order valence-corrected chi connectivity index (χ1v) is 7.10. The molecule has 2 aromatic rings. The molecule has 2 N–H and O–H groups in total. The molecule has 0 aliphatic heterocycles. The van der Waals surface area contributed by atoms with Crippen LogP contribution in [0.5, 0.6) is 0 Å². The smallest absolute Gasteiger partial charge is 0.287 e. The van der Waals surface area contributed by atoms with E-state index in [1.165, 1.54) is 0 Å². The molecule has 0 radical (unpaired) electrons. The predicted molar refractivity (Wildman–Crippen MR) is 81.4 cm³/mol. The Balaban J connectivity index is 1.89. The van der Waals surface area contributed by atoms with Gasteiger partial charge in [-0.15, -0.1) is 0 Å². The van der Waals surface area contributed by atoms with Crippen molar-refractivity contribution in [2.24, 2.45) is 5.92 Å². The lowest BCUT2D eigenvalue weighted by Crippen LogP contribution is -2.36. The summed E-state index contributed by atoms with van der Waals surface area (Å²) in [5.74, 6) is -0.202. The van der Waals surface area contributed by atoms with Crippen LogP contribution in [0.15, 0.2) is 28.7 Å². The summed E-state index contributed by atoms with van der Waals surface area (Å²) in [6, 6.07) is 6.80. The lowest BCUT2D eigenvalue weighted by Gasteiger charge is -2.07. The highest BCUT2D eigenvalue weighted by Crippen LogP contribution is 2.22. The molecule has 2 rings (SSSR count). The van der Waals surface area contributed by atoms with Gasteiger partial charge in [-0.2, -0.15) is 0 Å². The minimum absolute atomic E-state index is 0.0392. The maximum absolute atomic E-state index is 11.9. The first-order valence-electron chi connectivity index (χ1n) is 6.72. The molecule has 1 aromatic carbocycles. The van der Waals surface area contributed by atoms with E-state index in [4.69, 9.17) is 16.0 Å². The summed E-state index contributed by atoms with van der Waals surface area (Å²) in [6.45, 7) is 4.35. The molecule has 21 heavy (non-hydrogen) atoms. The molecule has 1 aromatic heterocycles. The van der Waals surface area contributed by atoms with Gasteiger partial charge < -0.3 is 15.1 Å². The number of fused-ring (bicyclic) bond motifs is 1. The van der Waals surface area contributed by atoms with Crippen LogP contribution in [0.1, 0.15) is 24.4 Å². The fraction of sp³-hybridized carbons (Fsp3) is 0.333. The quantitative estimate of drug-likeness (QED) is 0.834. The molecule has 0 aliphatic rings. The van der Waals surface area contributed by atoms with Crippen molar-refractivity contribution in [2.45, 2.75) is 13.8 Å². The van der Waals surface area contributed by atoms with Crippen molar-refractivity contribution in [3.63, 3.8) is 0 Å². The van der Waals surface area contributed by atoms with E-state index >= 15 is 0 Å². The molecule has 0 fully saturated rings. The maximum atomic E-state index is 11.9. The van der Waals surface area contributed by atoms with E-state index in [1.807, 2.05) is 13.8 Å². The second-order valence-electron chi connectivity index (χ2n) is 4.99. The van der Waals surface area contributed by atoms with Crippen LogP contribution < -0.4 is 10.6 Å². The van der Waals surface area contributed by atoms with Crippen LogP contribution in [-0.4, -0.2) is 24.9 Å². The van der Waals surface area contributed by atoms with E-state index in [0.29, 0.717) is 23.7 Å². The van der Waals surface area contributed by atoms with Gasteiger partial charge in [-0.1, -0.05) is 25.4 Å². The van der Waals surface area contributed by atoms with Crippen molar-refractivity contribution in [1.29, 1.82) is 0 Å². The molecule has 0 saturated heterocycles. The second-order valence-corrected chi connectivity index (χ2v) is 5.43. The van der Waals surface area contributed by atoms with Gasteiger partial charge in [-0.05, 0) is 24.3 Å². The molecular weight excluding hydrogens is 292 g/mol. The molecule has 0 aliphatic carbocycles. The average molecular weight is 309 g/mol.